The highest BCUT2D eigenvalue weighted by Gasteiger charge is 2.53. The van der Waals surface area contributed by atoms with Crippen molar-refractivity contribution in [3.05, 3.63) is 119 Å². The van der Waals surface area contributed by atoms with Crippen LogP contribution in [-0.4, -0.2) is 56.4 Å². The number of ether oxygens (including phenoxy) is 4. The number of carbonyl (C=O) groups is 3. The molecule has 3 amide bonds. The van der Waals surface area contributed by atoms with Gasteiger partial charge in [-0.25, -0.2) is 14.4 Å². The van der Waals surface area contributed by atoms with E-state index in [0.29, 0.717) is 64.8 Å². The SMILES string of the molecule is C=C/C(=C\C=C/C)COC(=O)Nc1ccc2c(c1)Oc1cc(NC(=O)N(CC)CCOC)ccc1C21OC(=O)c2ccccc21. The Balaban J connectivity index is 1.48. The third kappa shape index (κ3) is 6.18. The quantitative estimate of drug-likeness (QED) is 0.188. The minimum atomic E-state index is -1.30. The number of urea groups is 1. The first-order valence-electron chi connectivity index (χ1n) is 14.6. The molecule has 0 saturated carbocycles. The Labute approximate surface area is 261 Å². The number of fused-ring (bicyclic) bond motifs is 6. The topological polar surface area (TPSA) is 115 Å². The van der Waals surface area contributed by atoms with Crippen molar-refractivity contribution < 1.29 is 33.3 Å². The van der Waals surface area contributed by atoms with E-state index >= 15 is 0 Å². The summed E-state index contributed by atoms with van der Waals surface area (Å²) in [4.78, 5) is 40.4. The molecule has 0 bridgehead atoms. The minimum Gasteiger partial charge on any atom is -0.456 e. The van der Waals surface area contributed by atoms with Crippen LogP contribution in [0.1, 0.15) is 40.9 Å². The highest BCUT2D eigenvalue weighted by molar-refractivity contribution is 5.97. The van der Waals surface area contributed by atoms with Crippen molar-refractivity contribution in [2.45, 2.75) is 19.4 Å². The number of methoxy groups -OCH3 is 1. The molecule has 0 fully saturated rings. The van der Waals surface area contributed by atoms with E-state index in [1.54, 1.807) is 72.7 Å². The van der Waals surface area contributed by atoms with Gasteiger partial charge in [-0.1, -0.05) is 49.1 Å². The normalized spacial score (nSPS) is 16.2. The van der Waals surface area contributed by atoms with E-state index < -0.39 is 17.7 Å². The number of carbonyl (C=O) groups excluding carboxylic acids is 3. The molecule has 0 aliphatic carbocycles. The smallest absolute Gasteiger partial charge is 0.411 e. The molecular formula is C35H35N3O7. The summed E-state index contributed by atoms with van der Waals surface area (Å²) in [5, 5.41) is 5.65. The van der Waals surface area contributed by atoms with E-state index in [9.17, 15) is 14.4 Å². The second-order valence-corrected chi connectivity index (χ2v) is 10.3. The van der Waals surface area contributed by atoms with Crippen LogP contribution < -0.4 is 15.4 Å². The van der Waals surface area contributed by atoms with Gasteiger partial charge < -0.3 is 29.2 Å². The number of anilines is 2. The molecule has 45 heavy (non-hydrogen) atoms. The zero-order valence-electron chi connectivity index (χ0n) is 25.4. The summed E-state index contributed by atoms with van der Waals surface area (Å²) in [5.74, 6) is 0.283. The van der Waals surface area contributed by atoms with Crippen molar-refractivity contribution in [1.29, 1.82) is 0 Å². The van der Waals surface area contributed by atoms with Crippen LogP contribution >= 0.6 is 0 Å². The van der Waals surface area contributed by atoms with Crippen LogP contribution in [0.3, 0.4) is 0 Å². The van der Waals surface area contributed by atoms with Gasteiger partial charge in [-0.2, -0.15) is 0 Å². The van der Waals surface area contributed by atoms with Gasteiger partial charge in [0.15, 0.2) is 5.60 Å². The Kier molecular flexibility index (Phi) is 9.34. The van der Waals surface area contributed by atoms with Crippen LogP contribution in [0.15, 0.2) is 97.1 Å². The predicted molar refractivity (Wildman–Crippen MR) is 171 cm³/mol. The van der Waals surface area contributed by atoms with Crippen LogP contribution in [0.5, 0.6) is 11.5 Å². The molecule has 2 aliphatic rings. The third-order valence-corrected chi connectivity index (χ3v) is 7.58. The summed E-state index contributed by atoms with van der Waals surface area (Å²) in [7, 11) is 1.58. The second kappa shape index (κ2) is 13.5. The highest BCUT2D eigenvalue weighted by atomic mass is 16.6. The molecule has 232 valence electrons. The Hall–Kier alpha value is -5.35. The van der Waals surface area contributed by atoms with Crippen molar-refractivity contribution in [3.8, 4) is 11.5 Å². The maximum absolute atomic E-state index is 13.2. The maximum atomic E-state index is 13.2. The fourth-order valence-corrected chi connectivity index (χ4v) is 5.34. The van der Waals surface area contributed by atoms with Crippen molar-refractivity contribution in [3.63, 3.8) is 0 Å². The Morgan fingerprint density at radius 1 is 1.00 bits per heavy atom. The van der Waals surface area contributed by atoms with Crippen molar-refractivity contribution >= 4 is 29.5 Å². The van der Waals surface area contributed by atoms with Gasteiger partial charge in [-0.3, -0.25) is 5.32 Å². The molecule has 2 heterocycles. The lowest BCUT2D eigenvalue weighted by molar-refractivity contribution is 0.0224. The fourth-order valence-electron chi connectivity index (χ4n) is 5.34. The third-order valence-electron chi connectivity index (χ3n) is 7.58. The van der Waals surface area contributed by atoms with Crippen molar-refractivity contribution in [1.82, 2.24) is 4.90 Å². The number of amides is 3. The first-order chi connectivity index (χ1) is 21.8. The van der Waals surface area contributed by atoms with Crippen LogP contribution in [0.25, 0.3) is 0 Å². The summed E-state index contributed by atoms with van der Waals surface area (Å²) in [6.45, 7) is 8.90. The van der Waals surface area contributed by atoms with E-state index in [2.05, 4.69) is 17.2 Å². The lowest BCUT2D eigenvalue weighted by atomic mass is 9.77. The monoisotopic (exact) mass is 609 g/mol. The van der Waals surface area contributed by atoms with Gasteiger partial charge in [0.05, 0.1) is 12.2 Å². The lowest BCUT2D eigenvalue weighted by Crippen LogP contribution is -2.37. The number of hydrogen-bond donors (Lipinski definition) is 2. The second-order valence-electron chi connectivity index (χ2n) is 10.3. The van der Waals surface area contributed by atoms with Gasteiger partial charge in [0.25, 0.3) is 0 Å². The molecule has 0 saturated heterocycles. The largest absolute Gasteiger partial charge is 0.456 e. The Morgan fingerprint density at radius 3 is 2.33 bits per heavy atom. The first kappa shape index (κ1) is 31.1. The number of esters is 1. The molecule has 1 spiro atoms. The molecular weight excluding hydrogens is 574 g/mol. The van der Waals surface area contributed by atoms with E-state index in [-0.39, 0.29) is 12.6 Å². The predicted octanol–water partition coefficient (Wildman–Crippen LogP) is 6.99. The Morgan fingerprint density at radius 2 is 1.69 bits per heavy atom. The molecule has 2 aliphatic heterocycles. The van der Waals surface area contributed by atoms with E-state index in [4.69, 9.17) is 18.9 Å². The summed E-state index contributed by atoms with van der Waals surface area (Å²) >= 11 is 0. The lowest BCUT2D eigenvalue weighted by Gasteiger charge is -2.37. The first-order valence-corrected chi connectivity index (χ1v) is 14.6. The fraction of sp³-hybridized carbons (Fsp3) is 0.229. The Bertz CT molecular complexity index is 1700. The molecule has 0 aromatic heterocycles. The number of allylic oxidation sites excluding steroid dienone is 3. The van der Waals surface area contributed by atoms with Crippen LogP contribution in [0.2, 0.25) is 0 Å². The zero-order valence-corrected chi connectivity index (χ0v) is 25.4. The van der Waals surface area contributed by atoms with Gasteiger partial charge in [0, 0.05) is 60.4 Å². The van der Waals surface area contributed by atoms with Crippen LogP contribution in [-0.2, 0) is 19.8 Å². The van der Waals surface area contributed by atoms with E-state index in [1.165, 1.54) is 0 Å². The average molecular weight is 610 g/mol. The zero-order chi connectivity index (χ0) is 32.0. The molecule has 0 radical (unpaired) electrons. The number of nitrogens with zero attached hydrogens (tertiary/aromatic N) is 1. The van der Waals surface area contributed by atoms with Gasteiger partial charge in [0.1, 0.15) is 18.1 Å². The molecule has 2 N–H and O–H groups in total. The van der Waals surface area contributed by atoms with Gasteiger partial charge in [-0.15, -0.1) is 0 Å². The molecule has 1 atom stereocenters. The highest BCUT2D eigenvalue weighted by Crippen LogP contribution is 2.56. The number of rotatable bonds is 10. The summed E-state index contributed by atoms with van der Waals surface area (Å²) in [5.41, 5.74) is 2.64. The summed E-state index contributed by atoms with van der Waals surface area (Å²) in [6, 6.07) is 17.3. The number of nitrogens with one attached hydrogen (secondary N) is 2. The van der Waals surface area contributed by atoms with Crippen LogP contribution in [0, 0.1) is 0 Å². The standard InChI is InChI=1S/C35H35N3O7/c1-5-8-11-23(6-2)22-43-34(41)37-25-15-17-29-31(21-25)44-30-20-24(36-33(40)38(7-3)18-19-42-4)14-16-28(30)35(29)27-13-10-9-12-26(27)32(39)45-35/h5-6,8-17,20-21H,2,7,18-19,22H2,1,3-4H3,(H,36,40)(H,37,41)/b8-5-,23-11+. The van der Waals surface area contributed by atoms with Crippen molar-refractivity contribution in [2.24, 2.45) is 0 Å². The number of likely N-dealkylation sites (N-methyl/N-ethyl adjacent to an activating group) is 1. The van der Waals surface area contributed by atoms with E-state index in [1.807, 2.05) is 38.1 Å². The molecule has 5 rings (SSSR count). The molecule has 1 unspecified atom stereocenters. The van der Waals surface area contributed by atoms with Crippen LogP contribution in [0.4, 0.5) is 21.0 Å². The van der Waals surface area contributed by atoms with E-state index in [0.717, 1.165) is 5.57 Å². The summed E-state index contributed by atoms with van der Waals surface area (Å²) in [6.07, 6.45) is 6.46. The molecule has 10 nitrogen and oxygen atoms in total. The average Bonchev–Trinajstić information content (AvgIpc) is 3.33. The van der Waals surface area contributed by atoms with Crippen molar-refractivity contribution in [2.75, 3.05) is 44.0 Å². The van der Waals surface area contributed by atoms with Gasteiger partial charge in [-0.05, 0) is 49.8 Å². The summed E-state index contributed by atoms with van der Waals surface area (Å²) < 4.78 is 23.1. The molecule has 3 aromatic rings. The maximum Gasteiger partial charge on any atom is 0.411 e. The van der Waals surface area contributed by atoms with Gasteiger partial charge >= 0.3 is 18.1 Å². The minimum absolute atomic E-state index is 0.0414. The number of benzene rings is 3. The number of hydrogen-bond acceptors (Lipinski definition) is 7. The molecule has 10 heteroatoms. The molecule has 3 aromatic carbocycles. The van der Waals surface area contributed by atoms with Gasteiger partial charge in [0.2, 0.25) is 0 Å².